The monoisotopic (exact) mass is 290 g/mol. The van der Waals surface area contributed by atoms with Crippen LogP contribution < -0.4 is 15.6 Å². The van der Waals surface area contributed by atoms with Crippen LogP contribution in [0.2, 0.25) is 0 Å². The van der Waals surface area contributed by atoms with E-state index >= 15 is 0 Å². The Hall–Kier alpha value is -2.34. The molecular weight excluding hydrogens is 276 g/mol. The van der Waals surface area contributed by atoms with Crippen molar-refractivity contribution in [2.45, 2.75) is 6.92 Å². The van der Waals surface area contributed by atoms with E-state index in [1.807, 2.05) is 25.1 Å². The van der Waals surface area contributed by atoms with Gasteiger partial charge in [0.05, 0.1) is 5.56 Å². The number of hydrogen-bond donors (Lipinski definition) is 2. The fourth-order valence-corrected chi connectivity index (χ4v) is 2.12. The summed E-state index contributed by atoms with van der Waals surface area (Å²) in [5, 5.41) is 3.49. The maximum atomic E-state index is 11.6. The second kappa shape index (κ2) is 6.72. The lowest BCUT2D eigenvalue weighted by Crippen LogP contribution is -2.43. The standard InChI is InChI=1S/C14H14N2O3S/c1-10-3-2-4-12(7-10)19-8-13(17)15-16-14(18)11-5-6-20-9-11/h2-7,9H,8H2,1H3,(H,15,17)(H,16,18). The van der Waals surface area contributed by atoms with Gasteiger partial charge in [0.25, 0.3) is 11.8 Å². The number of amides is 2. The van der Waals surface area contributed by atoms with Crippen molar-refractivity contribution in [3.63, 3.8) is 0 Å². The first kappa shape index (κ1) is 14.1. The Kier molecular flexibility index (Phi) is 4.73. The highest BCUT2D eigenvalue weighted by atomic mass is 32.1. The molecule has 0 unspecified atom stereocenters. The quantitative estimate of drug-likeness (QED) is 0.845. The summed E-state index contributed by atoms with van der Waals surface area (Å²) in [4.78, 5) is 23.1. The lowest BCUT2D eigenvalue weighted by Gasteiger charge is -2.08. The van der Waals surface area contributed by atoms with E-state index in [0.717, 1.165) is 5.56 Å². The second-order valence-corrected chi connectivity index (χ2v) is 4.90. The van der Waals surface area contributed by atoms with Gasteiger partial charge in [-0.05, 0) is 36.1 Å². The Morgan fingerprint density at radius 3 is 2.80 bits per heavy atom. The summed E-state index contributed by atoms with van der Waals surface area (Å²) in [5.41, 5.74) is 6.18. The second-order valence-electron chi connectivity index (χ2n) is 4.12. The van der Waals surface area contributed by atoms with Crippen molar-refractivity contribution in [2.24, 2.45) is 0 Å². The maximum absolute atomic E-state index is 11.6. The molecule has 2 amide bonds. The van der Waals surface area contributed by atoms with Crippen LogP contribution in [0, 0.1) is 6.92 Å². The first-order valence-corrected chi connectivity index (χ1v) is 6.90. The van der Waals surface area contributed by atoms with E-state index in [1.165, 1.54) is 11.3 Å². The molecule has 0 saturated carbocycles. The van der Waals surface area contributed by atoms with Crippen LogP contribution in [0.15, 0.2) is 41.1 Å². The van der Waals surface area contributed by atoms with E-state index < -0.39 is 5.91 Å². The topological polar surface area (TPSA) is 67.4 Å². The smallest absolute Gasteiger partial charge is 0.276 e. The third kappa shape index (κ3) is 4.10. The molecule has 0 spiro atoms. The van der Waals surface area contributed by atoms with Gasteiger partial charge in [-0.1, -0.05) is 12.1 Å². The lowest BCUT2D eigenvalue weighted by atomic mass is 10.2. The van der Waals surface area contributed by atoms with Gasteiger partial charge >= 0.3 is 0 Å². The molecule has 2 N–H and O–H groups in total. The number of ether oxygens (including phenoxy) is 1. The van der Waals surface area contributed by atoms with E-state index in [0.29, 0.717) is 11.3 Å². The van der Waals surface area contributed by atoms with Gasteiger partial charge in [-0.2, -0.15) is 11.3 Å². The SMILES string of the molecule is Cc1cccc(OCC(=O)NNC(=O)c2ccsc2)c1. The fraction of sp³-hybridized carbons (Fsp3) is 0.143. The number of thiophene rings is 1. The first-order chi connectivity index (χ1) is 9.65. The summed E-state index contributed by atoms with van der Waals surface area (Å²) in [6.45, 7) is 1.78. The zero-order chi connectivity index (χ0) is 14.4. The van der Waals surface area contributed by atoms with Crippen molar-refractivity contribution in [3.05, 3.63) is 52.2 Å². The number of benzene rings is 1. The summed E-state index contributed by atoms with van der Waals surface area (Å²) in [5.74, 6) is -0.158. The highest BCUT2D eigenvalue weighted by molar-refractivity contribution is 7.08. The molecule has 0 fully saturated rings. The molecule has 104 valence electrons. The van der Waals surface area contributed by atoms with Crippen molar-refractivity contribution >= 4 is 23.2 Å². The van der Waals surface area contributed by atoms with Crippen molar-refractivity contribution in [2.75, 3.05) is 6.61 Å². The number of hydrogen-bond acceptors (Lipinski definition) is 4. The molecule has 0 atom stereocenters. The van der Waals surface area contributed by atoms with Gasteiger partial charge in [0, 0.05) is 5.38 Å². The van der Waals surface area contributed by atoms with Crippen molar-refractivity contribution < 1.29 is 14.3 Å². The minimum atomic E-state index is -0.421. The molecule has 1 heterocycles. The molecule has 0 aliphatic heterocycles. The number of rotatable bonds is 4. The van der Waals surface area contributed by atoms with Gasteiger partial charge in [0.2, 0.25) is 0 Å². The third-order valence-corrected chi connectivity index (χ3v) is 3.14. The van der Waals surface area contributed by atoms with Gasteiger partial charge in [0.15, 0.2) is 6.61 Å². The molecule has 0 aliphatic carbocycles. The number of carbonyl (C=O) groups is 2. The Morgan fingerprint density at radius 2 is 2.10 bits per heavy atom. The van der Waals surface area contributed by atoms with Gasteiger partial charge in [-0.15, -0.1) is 0 Å². The average molecular weight is 290 g/mol. The van der Waals surface area contributed by atoms with E-state index in [4.69, 9.17) is 4.74 Å². The van der Waals surface area contributed by atoms with Crippen LogP contribution in [0.4, 0.5) is 0 Å². The van der Waals surface area contributed by atoms with Crippen molar-refractivity contribution in [3.8, 4) is 5.75 Å². The van der Waals surface area contributed by atoms with Gasteiger partial charge in [0.1, 0.15) is 5.75 Å². The molecule has 20 heavy (non-hydrogen) atoms. The minimum Gasteiger partial charge on any atom is -0.484 e. The Balaban J connectivity index is 1.74. The predicted octanol–water partition coefficient (Wildman–Crippen LogP) is 1.90. The minimum absolute atomic E-state index is 0.159. The Morgan fingerprint density at radius 1 is 1.25 bits per heavy atom. The third-order valence-electron chi connectivity index (χ3n) is 2.46. The van der Waals surface area contributed by atoms with Crippen LogP contribution in [0.3, 0.4) is 0 Å². The van der Waals surface area contributed by atoms with Gasteiger partial charge < -0.3 is 4.74 Å². The van der Waals surface area contributed by atoms with Crippen molar-refractivity contribution in [1.82, 2.24) is 10.9 Å². The number of hydrazine groups is 1. The molecule has 0 aliphatic rings. The first-order valence-electron chi connectivity index (χ1n) is 5.96. The molecule has 0 bridgehead atoms. The summed E-state index contributed by atoms with van der Waals surface area (Å²) in [6, 6.07) is 9.06. The number of aryl methyl sites for hydroxylation is 1. The summed E-state index contributed by atoms with van der Waals surface area (Å²) in [7, 11) is 0. The Bertz CT molecular complexity index is 596. The molecule has 6 heteroatoms. The van der Waals surface area contributed by atoms with Crippen molar-refractivity contribution in [1.29, 1.82) is 0 Å². The fourth-order valence-electron chi connectivity index (χ4n) is 1.48. The van der Waals surface area contributed by atoms with E-state index in [1.54, 1.807) is 22.9 Å². The van der Waals surface area contributed by atoms with Gasteiger partial charge in [-0.25, -0.2) is 0 Å². The number of nitrogens with one attached hydrogen (secondary N) is 2. The summed E-state index contributed by atoms with van der Waals surface area (Å²) >= 11 is 1.41. The molecule has 0 saturated heterocycles. The van der Waals surface area contributed by atoms with Crippen LogP contribution in [-0.2, 0) is 4.79 Å². The Labute approximate surface area is 120 Å². The van der Waals surface area contributed by atoms with Gasteiger partial charge in [-0.3, -0.25) is 20.4 Å². The zero-order valence-electron chi connectivity index (χ0n) is 10.9. The maximum Gasteiger partial charge on any atom is 0.276 e. The molecule has 1 aromatic heterocycles. The van der Waals surface area contributed by atoms with E-state index in [2.05, 4.69) is 10.9 Å². The number of carbonyl (C=O) groups excluding carboxylic acids is 2. The zero-order valence-corrected chi connectivity index (χ0v) is 11.7. The highest BCUT2D eigenvalue weighted by Crippen LogP contribution is 2.11. The summed E-state index contributed by atoms with van der Waals surface area (Å²) in [6.07, 6.45) is 0. The summed E-state index contributed by atoms with van der Waals surface area (Å²) < 4.78 is 5.31. The predicted molar refractivity (Wildman–Crippen MR) is 76.6 cm³/mol. The highest BCUT2D eigenvalue weighted by Gasteiger charge is 2.07. The molecule has 2 rings (SSSR count). The van der Waals surface area contributed by atoms with E-state index in [-0.39, 0.29) is 12.5 Å². The van der Waals surface area contributed by atoms with Crippen LogP contribution >= 0.6 is 11.3 Å². The lowest BCUT2D eigenvalue weighted by molar-refractivity contribution is -0.123. The van der Waals surface area contributed by atoms with Crippen LogP contribution in [0.25, 0.3) is 0 Å². The van der Waals surface area contributed by atoms with Crippen LogP contribution in [0.5, 0.6) is 5.75 Å². The largest absolute Gasteiger partial charge is 0.484 e. The molecule has 1 aromatic carbocycles. The molecule has 2 aromatic rings. The normalized spacial score (nSPS) is 9.85. The van der Waals surface area contributed by atoms with E-state index in [9.17, 15) is 9.59 Å². The molecular formula is C14H14N2O3S. The molecule has 5 nitrogen and oxygen atoms in total. The molecule has 0 radical (unpaired) electrons. The average Bonchev–Trinajstić information content (AvgIpc) is 2.97. The van der Waals surface area contributed by atoms with Crippen LogP contribution in [0.1, 0.15) is 15.9 Å². The van der Waals surface area contributed by atoms with Crippen LogP contribution in [-0.4, -0.2) is 18.4 Å².